The Balaban J connectivity index is 1.35. The van der Waals surface area contributed by atoms with Crippen LogP contribution in [0.5, 0.6) is 0 Å². The van der Waals surface area contributed by atoms with Crippen molar-refractivity contribution in [1.29, 1.82) is 0 Å². The number of imide groups is 2. The van der Waals surface area contributed by atoms with Crippen LogP contribution in [-0.2, 0) is 19.2 Å². The molecular formula is C37H26ClN3O4S. The van der Waals surface area contributed by atoms with Crippen molar-refractivity contribution in [2.24, 2.45) is 11.8 Å². The Hall–Kier alpha value is -4.92. The largest absolute Gasteiger partial charge is 0.274 e. The van der Waals surface area contributed by atoms with Crippen LogP contribution in [0.3, 0.4) is 0 Å². The van der Waals surface area contributed by atoms with Crippen LogP contribution in [0, 0.1) is 11.8 Å². The molecule has 4 amide bonds. The van der Waals surface area contributed by atoms with Crippen LogP contribution >= 0.6 is 22.9 Å². The van der Waals surface area contributed by atoms with E-state index >= 15 is 0 Å². The number of fused-ring (bicyclic) bond motifs is 3. The number of halogens is 1. The topological polar surface area (TPSA) is 87.6 Å². The number of benzene rings is 4. The average Bonchev–Trinajstić information content (AvgIpc) is 3.73. The van der Waals surface area contributed by atoms with Gasteiger partial charge in [-0.3, -0.25) is 24.1 Å². The van der Waals surface area contributed by atoms with Gasteiger partial charge in [0.25, 0.3) is 0 Å². The zero-order valence-corrected chi connectivity index (χ0v) is 25.9. The second-order valence-corrected chi connectivity index (χ2v) is 13.3. The second-order valence-electron chi connectivity index (χ2n) is 11.8. The molecule has 226 valence electrons. The number of hydrogen-bond acceptors (Lipinski definition) is 6. The summed E-state index contributed by atoms with van der Waals surface area (Å²) in [6.45, 7) is 0. The molecule has 3 aliphatic rings. The Morgan fingerprint density at radius 2 is 1.22 bits per heavy atom. The number of carbonyl (C=O) groups excluding carboxylic acids is 4. The Morgan fingerprint density at radius 1 is 0.630 bits per heavy atom. The minimum atomic E-state index is -0.816. The summed E-state index contributed by atoms with van der Waals surface area (Å²) in [5, 5.41) is 1.22. The van der Waals surface area contributed by atoms with E-state index in [-0.39, 0.29) is 30.0 Å². The lowest BCUT2D eigenvalue weighted by Crippen LogP contribution is -2.39. The Kier molecular flexibility index (Phi) is 6.92. The van der Waals surface area contributed by atoms with Gasteiger partial charge < -0.3 is 0 Å². The molecule has 0 spiro atoms. The summed E-state index contributed by atoms with van der Waals surface area (Å²) in [7, 11) is 0. The molecule has 1 aliphatic carbocycles. The molecule has 9 heteroatoms. The van der Waals surface area contributed by atoms with Gasteiger partial charge in [-0.25, -0.2) is 9.88 Å². The molecule has 1 aromatic heterocycles. The maximum atomic E-state index is 14.6. The maximum Gasteiger partial charge on any atom is 0.243 e. The molecule has 0 bridgehead atoms. The summed E-state index contributed by atoms with van der Waals surface area (Å²) < 4.78 is 0. The van der Waals surface area contributed by atoms with E-state index < -0.39 is 29.6 Å². The molecule has 3 heterocycles. The molecule has 0 N–H and O–H groups in total. The second kappa shape index (κ2) is 11.2. The highest BCUT2D eigenvalue weighted by Crippen LogP contribution is 2.60. The number of amides is 4. The Bertz CT molecular complexity index is 2000. The predicted octanol–water partition coefficient (Wildman–Crippen LogP) is 7.20. The fraction of sp³-hybridized carbons (Fsp3) is 0.162. The summed E-state index contributed by atoms with van der Waals surface area (Å²) in [5.41, 5.74) is 3.23. The summed E-state index contributed by atoms with van der Waals surface area (Å²) in [4.78, 5) is 65.3. The van der Waals surface area contributed by atoms with Gasteiger partial charge in [-0.15, -0.1) is 11.3 Å². The van der Waals surface area contributed by atoms with Crippen molar-refractivity contribution in [3.63, 3.8) is 0 Å². The van der Waals surface area contributed by atoms with Crippen molar-refractivity contribution in [1.82, 2.24) is 4.98 Å². The van der Waals surface area contributed by atoms with Crippen molar-refractivity contribution in [2.75, 3.05) is 9.80 Å². The number of carbonyl (C=O) groups is 4. The van der Waals surface area contributed by atoms with Crippen LogP contribution < -0.4 is 9.80 Å². The molecule has 8 rings (SSSR count). The predicted molar refractivity (Wildman–Crippen MR) is 177 cm³/mol. The first kappa shape index (κ1) is 28.5. The molecular weight excluding hydrogens is 618 g/mol. The van der Waals surface area contributed by atoms with Gasteiger partial charge in [0.1, 0.15) is 5.01 Å². The van der Waals surface area contributed by atoms with Crippen molar-refractivity contribution in [2.45, 2.75) is 24.2 Å². The van der Waals surface area contributed by atoms with Crippen LogP contribution in [-0.4, -0.2) is 28.6 Å². The maximum absolute atomic E-state index is 14.6. The Morgan fingerprint density at radius 3 is 1.85 bits per heavy atom. The molecule has 5 atom stereocenters. The third kappa shape index (κ3) is 4.43. The van der Waals surface area contributed by atoms with Gasteiger partial charge in [0.15, 0.2) is 0 Å². The standard InChI is InChI=1S/C37H26ClN3O4S/c38-23-18-16-21(17-19-23)28-29(26-20-27(42)40(35(26)43)24-12-6-2-7-13-24)32-33(46-34(39-32)22-10-4-1-5-11-22)31-30(28)36(44)41(37(31)45)25-14-8-3-9-15-25/h1-19,26,28-31H,20H2/t26?,28-,29-,30-,31-/m1/s1. The van der Waals surface area contributed by atoms with Gasteiger partial charge in [-0.05, 0) is 42.0 Å². The third-order valence-corrected chi connectivity index (χ3v) is 10.8. The quantitative estimate of drug-likeness (QED) is 0.189. The molecule has 0 radical (unpaired) electrons. The first-order valence-corrected chi connectivity index (χ1v) is 16.3. The molecule has 2 saturated heterocycles. The number of para-hydroxylation sites is 2. The highest BCUT2D eigenvalue weighted by Gasteiger charge is 2.62. The molecule has 46 heavy (non-hydrogen) atoms. The molecule has 4 aromatic carbocycles. The lowest BCUT2D eigenvalue weighted by molar-refractivity contribution is -0.125. The SMILES string of the molecule is O=C1CC([C@H]2c3nc(-c4ccccc4)sc3[C@@H]3C(=O)N(c4ccccc4)C(=O)[C@@H]3[C@@H]2c2ccc(Cl)cc2)C(=O)N1c1ccccc1. The lowest BCUT2D eigenvalue weighted by Gasteiger charge is -2.39. The lowest BCUT2D eigenvalue weighted by atomic mass is 9.62. The van der Waals surface area contributed by atoms with Crippen molar-refractivity contribution in [3.8, 4) is 10.6 Å². The first-order chi connectivity index (χ1) is 22.4. The number of thiazole rings is 1. The van der Waals surface area contributed by atoms with E-state index in [1.54, 1.807) is 60.7 Å². The monoisotopic (exact) mass is 643 g/mol. The highest BCUT2D eigenvalue weighted by molar-refractivity contribution is 7.15. The van der Waals surface area contributed by atoms with E-state index in [0.717, 1.165) is 11.1 Å². The van der Waals surface area contributed by atoms with Gasteiger partial charge in [-0.2, -0.15) is 0 Å². The smallest absolute Gasteiger partial charge is 0.243 e. The fourth-order valence-corrected chi connectivity index (χ4v) is 8.78. The molecule has 2 fully saturated rings. The highest BCUT2D eigenvalue weighted by atomic mass is 35.5. The van der Waals surface area contributed by atoms with Gasteiger partial charge >= 0.3 is 0 Å². The van der Waals surface area contributed by atoms with E-state index in [1.807, 2.05) is 54.6 Å². The number of nitrogens with zero attached hydrogens (tertiary/aromatic N) is 3. The van der Waals surface area contributed by atoms with Crippen LogP contribution in [0.2, 0.25) is 5.02 Å². The Labute approximate surface area is 274 Å². The van der Waals surface area contributed by atoms with E-state index in [9.17, 15) is 19.2 Å². The van der Waals surface area contributed by atoms with Crippen molar-refractivity contribution >= 4 is 57.9 Å². The third-order valence-electron chi connectivity index (χ3n) is 9.32. The number of rotatable bonds is 5. The van der Waals surface area contributed by atoms with Crippen LogP contribution in [0.1, 0.15) is 40.3 Å². The number of hydrogen-bond donors (Lipinski definition) is 0. The van der Waals surface area contributed by atoms with E-state index in [2.05, 4.69) is 0 Å². The molecule has 0 saturated carbocycles. The van der Waals surface area contributed by atoms with E-state index in [1.165, 1.54) is 21.1 Å². The first-order valence-electron chi connectivity index (χ1n) is 15.1. The van der Waals surface area contributed by atoms with E-state index in [4.69, 9.17) is 16.6 Å². The average molecular weight is 644 g/mol. The van der Waals surface area contributed by atoms with E-state index in [0.29, 0.717) is 32.0 Å². The van der Waals surface area contributed by atoms with Crippen LogP contribution in [0.25, 0.3) is 10.6 Å². The summed E-state index contributed by atoms with van der Waals surface area (Å²) in [5.74, 6) is -4.98. The van der Waals surface area contributed by atoms with Crippen molar-refractivity contribution < 1.29 is 19.2 Å². The zero-order valence-electron chi connectivity index (χ0n) is 24.3. The van der Waals surface area contributed by atoms with Gasteiger partial charge in [0, 0.05) is 33.7 Å². The number of anilines is 2. The normalized spacial score (nSPS) is 24.0. The van der Waals surface area contributed by atoms with Gasteiger partial charge in [0.05, 0.1) is 34.8 Å². The van der Waals surface area contributed by atoms with Gasteiger partial charge in [0.2, 0.25) is 23.6 Å². The molecule has 5 aromatic rings. The zero-order chi connectivity index (χ0) is 31.5. The molecule has 2 aliphatic heterocycles. The molecule has 1 unspecified atom stereocenters. The number of aromatic nitrogens is 1. The minimum absolute atomic E-state index is 0.0396. The van der Waals surface area contributed by atoms with Crippen LogP contribution in [0.4, 0.5) is 11.4 Å². The van der Waals surface area contributed by atoms with Gasteiger partial charge in [-0.1, -0.05) is 90.5 Å². The van der Waals surface area contributed by atoms with Crippen molar-refractivity contribution in [3.05, 3.63) is 136 Å². The minimum Gasteiger partial charge on any atom is -0.274 e. The van der Waals surface area contributed by atoms with Crippen LogP contribution in [0.15, 0.2) is 115 Å². The summed E-state index contributed by atoms with van der Waals surface area (Å²) >= 11 is 7.70. The molecule has 7 nitrogen and oxygen atoms in total. The summed E-state index contributed by atoms with van der Waals surface area (Å²) in [6.07, 6.45) is -0.0396. The fourth-order valence-electron chi connectivity index (χ4n) is 7.39. The summed E-state index contributed by atoms with van der Waals surface area (Å²) in [6, 6.07) is 34.7.